The Morgan fingerprint density at radius 1 is 1.33 bits per heavy atom. The van der Waals surface area contributed by atoms with Crippen LogP contribution in [0.2, 0.25) is 0 Å². The SMILES string of the molecule is CCNC(C)C(=O)c1c[nH]c2cc(C)c(C)cc12. The highest BCUT2D eigenvalue weighted by atomic mass is 16.1. The molecule has 0 spiro atoms. The molecular weight excluding hydrogens is 224 g/mol. The lowest BCUT2D eigenvalue weighted by Crippen LogP contribution is -2.33. The third-order valence-electron chi connectivity index (χ3n) is 3.47. The predicted octanol–water partition coefficient (Wildman–Crippen LogP) is 2.97. The van der Waals surface area contributed by atoms with Gasteiger partial charge in [0.25, 0.3) is 0 Å². The van der Waals surface area contributed by atoms with Crippen molar-refractivity contribution in [3.05, 3.63) is 35.0 Å². The van der Waals surface area contributed by atoms with Crippen molar-refractivity contribution in [2.24, 2.45) is 0 Å². The number of hydrogen-bond acceptors (Lipinski definition) is 2. The Kier molecular flexibility index (Phi) is 3.53. The van der Waals surface area contributed by atoms with Crippen molar-refractivity contribution >= 4 is 16.7 Å². The van der Waals surface area contributed by atoms with Crippen LogP contribution in [0, 0.1) is 13.8 Å². The van der Waals surface area contributed by atoms with Crippen LogP contribution in [0.5, 0.6) is 0 Å². The number of Topliss-reactive ketones (excluding diaryl/α,β-unsaturated/α-hetero) is 1. The number of aromatic amines is 1. The first-order chi connectivity index (χ1) is 8.54. The average Bonchev–Trinajstić information content (AvgIpc) is 2.72. The monoisotopic (exact) mass is 244 g/mol. The standard InChI is InChI=1S/C15H20N2O/c1-5-16-11(4)15(18)13-8-17-14-7-10(3)9(2)6-12(13)14/h6-8,11,16-17H,5H2,1-4H3. The van der Waals surface area contributed by atoms with Gasteiger partial charge in [0.05, 0.1) is 6.04 Å². The van der Waals surface area contributed by atoms with E-state index in [4.69, 9.17) is 0 Å². The average molecular weight is 244 g/mol. The fraction of sp³-hybridized carbons (Fsp3) is 0.400. The molecule has 0 saturated heterocycles. The molecule has 0 aliphatic rings. The van der Waals surface area contributed by atoms with Crippen molar-refractivity contribution in [3.63, 3.8) is 0 Å². The molecule has 2 rings (SSSR count). The van der Waals surface area contributed by atoms with Gasteiger partial charge in [0, 0.05) is 22.7 Å². The number of aryl methyl sites for hydroxylation is 2. The van der Waals surface area contributed by atoms with Crippen LogP contribution in [0.4, 0.5) is 0 Å². The third kappa shape index (κ3) is 2.18. The normalized spacial score (nSPS) is 12.9. The number of ketones is 1. The van der Waals surface area contributed by atoms with E-state index in [1.165, 1.54) is 11.1 Å². The molecule has 0 amide bonds. The first-order valence-corrected chi connectivity index (χ1v) is 6.40. The lowest BCUT2D eigenvalue weighted by atomic mass is 10.0. The Morgan fingerprint density at radius 3 is 2.67 bits per heavy atom. The van der Waals surface area contributed by atoms with Crippen LogP contribution in [0.1, 0.15) is 35.3 Å². The smallest absolute Gasteiger partial charge is 0.181 e. The molecule has 18 heavy (non-hydrogen) atoms. The molecule has 2 N–H and O–H groups in total. The summed E-state index contributed by atoms with van der Waals surface area (Å²) in [5.74, 6) is 0.145. The Morgan fingerprint density at radius 2 is 2.00 bits per heavy atom. The van der Waals surface area contributed by atoms with Crippen LogP contribution in [0.15, 0.2) is 18.3 Å². The maximum absolute atomic E-state index is 12.3. The summed E-state index contributed by atoms with van der Waals surface area (Å²) in [6.45, 7) is 8.87. The summed E-state index contributed by atoms with van der Waals surface area (Å²) in [4.78, 5) is 15.5. The number of rotatable bonds is 4. The number of hydrogen-bond donors (Lipinski definition) is 2. The van der Waals surface area contributed by atoms with Crippen LogP contribution in [0.3, 0.4) is 0 Å². The molecule has 0 bridgehead atoms. The van der Waals surface area contributed by atoms with E-state index in [1.807, 2.05) is 20.0 Å². The quantitative estimate of drug-likeness (QED) is 0.812. The topological polar surface area (TPSA) is 44.9 Å². The molecule has 1 unspecified atom stereocenters. The second-order valence-corrected chi connectivity index (χ2v) is 4.83. The van der Waals surface area contributed by atoms with Gasteiger partial charge in [-0.25, -0.2) is 0 Å². The number of aromatic nitrogens is 1. The molecular formula is C15H20N2O. The summed E-state index contributed by atoms with van der Waals surface area (Å²) >= 11 is 0. The lowest BCUT2D eigenvalue weighted by Gasteiger charge is -2.10. The highest BCUT2D eigenvalue weighted by Crippen LogP contribution is 2.23. The van der Waals surface area contributed by atoms with Crippen LogP contribution in [-0.2, 0) is 0 Å². The van der Waals surface area contributed by atoms with E-state index in [-0.39, 0.29) is 11.8 Å². The molecule has 0 saturated carbocycles. The number of carbonyl (C=O) groups is 1. The molecule has 0 fully saturated rings. The molecule has 3 nitrogen and oxygen atoms in total. The molecule has 1 aromatic carbocycles. The van der Waals surface area contributed by atoms with Gasteiger partial charge in [-0.05, 0) is 50.6 Å². The summed E-state index contributed by atoms with van der Waals surface area (Å²) in [7, 11) is 0. The predicted molar refractivity (Wildman–Crippen MR) is 75.2 cm³/mol. The van der Waals surface area contributed by atoms with Crippen LogP contribution in [-0.4, -0.2) is 23.4 Å². The van der Waals surface area contributed by atoms with Gasteiger partial charge in [0.2, 0.25) is 0 Å². The summed E-state index contributed by atoms with van der Waals surface area (Å²) < 4.78 is 0. The zero-order chi connectivity index (χ0) is 13.3. The largest absolute Gasteiger partial charge is 0.360 e. The first kappa shape index (κ1) is 12.8. The van der Waals surface area contributed by atoms with E-state index in [1.54, 1.807) is 0 Å². The Labute approximate surface area is 108 Å². The Bertz CT molecular complexity index is 583. The molecule has 0 aliphatic heterocycles. The molecule has 1 heterocycles. The number of likely N-dealkylation sites (N-methyl/N-ethyl adjacent to an activating group) is 1. The van der Waals surface area contributed by atoms with Crippen LogP contribution in [0.25, 0.3) is 10.9 Å². The summed E-state index contributed by atoms with van der Waals surface area (Å²) in [6, 6.07) is 4.04. The van der Waals surface area contributed by atoms with Crippen molar-refractivity contribution in [2.45, 2.75) is 33.7 Å². The van der Waals surface area contributed by atoms with Crippen molar-refractivity contribution in [1.82, 2.24) is 10.3 Å². The number of nitrogens with one attached hydrogen (secondary N) is 2. The van der Waals surface area contributed by atoms with Crippen molar-refractivity contribution in [3.8, 4) is 0 Å². The molecule has 0 radical (unpaired) electrons. The minimum absolute atomic E-state index is 0.143. The minimum Gasteiger partial charge on any atom is -0.360 e. The molecule has 1 aromatic heterocycles. The fourth-order valence-electron chi connectivity index (χ4n) is 2.22. The van der Waals surface area contributed by atoms with Crippen molar-refractivity contribution in [1.29, 1.82) is 0 Å². The summed E-state index contributed by atoms with van der Waals surface area (Å²) in [5.41, 5.74) is 4.27. The number of H-pyrrole nitrogens is 1. The Hall–Kier alpha value is -1.61. The van der Waals surface area contributed by atoms with Crippen molar-refractivity contribution < 1.29 is 4.79 Å². The fourth-order valence-corrected chi connectivity index (χ4v) is 2.22. The first-order valence-electron chi connectivity index (χ1n) is 6.40. The zero-order valence-corrected chi connectivity index (χ0v) is 11.4. The highest BCUT2D eigenvalue weighted by molar-refractivity contribution is 6.10. The third-order valence-corrected chi connectivity index (χ3v) is 3.47. The second kappa shape index (κ2) is 4.94. The number of benzene rings is 1. The lowest BCUT2D eigenvalue weighted by molar-refractivity contribution is 0.0953. The van der Waals surface area contributed by atoms with Crippen LogP contribution >= 0.6 is 0 Å². The van der Waals surface area contributed by atoms with E-state index in [0.29, 0.717) is 0 Å². The van der Waals surface area contributed by atoms with Gasteiger partial charge >= 0.3 is 0 Å². The van der Waals surface area contributed by atoms with Gasteiger partial charge < -0.3 is 10.3 Å². The molecule has 1 atom stereocenters. The van der Waals surface area contributed by atoms with E-state index >= 15 is 0 Å². The van der Waals surface area contributed by atoms with E-state index in [2.05, 4.69) is 36.3 Å². The second-order valence-electron chi connectivity index (χ2n) is 4.83. The van der Waals surface area contributed by atoms with E-state index in [9.17, 15) is 4.79 Å². The van der Waals surface area contributed by atoms with Gasteiger partial charge in [0.1, 0.15) is 0 Å². The van der Waals surface area contributed by atoms with E-state index < -0.39 is 0 Å². The van der Waals surface area contributed by atoms with Crippen LogP contribution < -0.4 is 5.32 Å². The summed E-state index contributed by atoms with van der Waals surface area (Å²) in [5, 5.41) is 4.18. The number of fused-ring (bicyclic) bond motifs is 1. The van der Waals surface area contributed by atoms with Gasteiger partial charge in [-0.15, -0.1) is 0 Å². The van der Waals surface area contributed by atoms with Gasteiger partial charge in [-0.2, -0.15) is 0 Å². The minimum atomic E-state index is -0.143. The maximum Gasteiger partial charge on any atom is 0.181 e. The Balaban J connectivity index is 2.46. The molecule has 0 aliphatic carbocycles. The van der Waals surface area contributed by atoms with Gasteiger partial charge in [0.15, 0.2) is 5.78 Å². The maximum atomic E-state index is 12.3. The number of carbonyl (C=O) groups excluding carboxylic acids is 1. The summed E-state index contributed by atoms with van der Waals surface area (Å²) in [6.07, 6.45) is 1.82. The van der Waals surface area contributed by atoms with Crippen molar-refractivity contribution in [2.75, 3.05) is 6.54 Å². The highest BCUT2D eigenvalue weighted by Gasteiger charge is 2.18. The molecule has 2 aromatic rings. The van der Waals surface area contributed by atoms with E-state index in [0.717, 1.165) is 23.0 Å². The van der Waals surface area contributed by atoms with Gasteiger partial charge in [-0.1, -0.05) is 6.92 Å². The molecule has 3 heteroatoms. The van der Waals surface area contributed by atoms with Gasteiger partial charge in [-0.3, -0.25) is 4.79 Å². The zero-order valence-electron chi connectivity index (χ0n) is 11.4. The molecule has 96 valence electrons.